The Morgan fingerprint density at radius 3 is 2.58 bits per heavy atom. The van der Waals surface area contributed by atoms with Crippen molar-refractivity contribution in [3.8, 4) is 0 Å². The molecule has 4 N–H and O–H groups in total. The van der Waals surface area contributed by atoms with Crippen LogP contribution in [0.25, 0.3) is 0 Å². The minimum absolute atomic E-state index is 0.0784. The molecule has 0 bridgehead atoms. The van der Waals surface area contributed by atoms with Gasteiger partial charge in [-0.1, -0.05) is 6.42 Å². The van der Waals surface area contributed by atoms with E-state index in [-0.39, 0.29) is 6.04 Å². The molecule has 1 aliphatic carbocycles. The number of amides is 2. The summed E-state index contributed by atoms with van der Waals surface area (Å²) in [6, 6.07) is -1.73. The number of urea groups is 1. The zero-order valence-corrected chi connectivity index (χ0v) is 12.1. The SMILES string of the molecule is CSC1CCCC(NC(=O)NC(C(=O)O)C(C)O)C1. The molecule has 1 rings (SSSR count). The van der Waals surface area contributed by atoms with Gasteiger partial charge in [0.25, 0.3) is 0 Å². The maximum Gasteiger partial charge on any atom is 0.328 e. The van der Waals surface area contributed by atoms with E-state index >= 15 is 0 Å². The van der Waals surface area contributed by atoms with Crippen molar-refractivity contribution in [2.24, 2.45) is 0 Å². The number of thioether (sulfide) groups is 1. The molecule has 0 heterocycles. The second-order valence-corrected chi connectivity index (χ2v) is 6.03. The molecular weight excluding hydrogens is 268 g/mol. The van der Waals surface area contributed by atoms with E-state index in [1.807, 2.05) is 0 Å². The van der Waals surface area contributed by atoms with E-state index in [0.717, 1.165) is 25.7 Å². The molecule has 1 aliphatic rings. The fourth-order valence-electron chi connectivity index (χ4n) is 2.25. The van der Waals surface area contributed by atoms with E-state index in [4.69, 9.17) is 5.11 Å². The van der Waals surface area contributed by atoms with Crippen LogP contribution in [0.4, 0.5) is 4.79 Å². The van der Waals surface area contributed by atoms with Crippen molar-refractivity contribution in [3.05, 3.63) is 0 Å². The summed E-state index contributed by atoms with van der Waals surface area (Å²) in [5.41, 5.74) is 0. The van der Waals surface area contributed by atoms with E-state index < -0.39 is 24.1 Å². The molecule has 6 nitrogen and oxygen atoms in total. The van der Waals surface area contributed by atoms with Gasteiger partial charge in [0.2, 0.25) is 0 Å². The molecule has 0 aromatic carbocycles. The number of aliphatic hydroxyl groups excluding tert-OH is 1. The Labute approximate surface area is 117 Å². The van der Waals surface area contributed by atoms with Gasteiger partial charge < -0.3 is 20.8 Å². The molecule has 4 unspecified atom stereocenters. The summed E-state index contributed by atoms with van der Waals surface area (Å²) in [6.45, 7) is 1.34. The molecule has 0 aromatic rings. The van der Waals surface area contributed by atoms with E-state index in [2.05, 4.69) is 16.9 Å². The van der Waals surface area contributed by atoms with Crippen LogP contribution in [0, 0.1) is 0 Å². The summed E-state index contributed by atoms with van der Waals surface area (Å²) in [5, 5.41) is 23.8. The molecule has 19 heavy (non-hydrogen) atoms. The van der Waals surface area contributed by atoms with Gasteiger partial charge in [-0.15, -0.1) is 0 Å². The number of hydrogen-bond acceptors (Lipinski definition) is 4. The Balaban J connectivity index is 2.43. The maximum absolute atomic E-state index is 11.7. The second-order valence-electron chi connectivity index (χ2n) is 4.90. The van der Waals surface area contributed by atoms with Crippen LogP contribution in [-0.4, -0.2) is 51.9 Å². The quantitative estimate of drug-likeness (QED) is 0.600. The maximum atomic E-state index is 11.7. The number of hydrogen-bond donors (Lipinski definition) is 4. The smallest absolute Gasteiger partial charge is 0.328 e. The number of rotatable bonds is 5. The topological polar surface area (TPSA) is 98.7 Å². The van der Waals surface area contributed by atoms with Gasteiger partial charge in [0, 0.05) is 11.3 Å². The summed E-state index contributed by atoms with van der Waals surface area (Å²) in [5.74, 6) is -1.24. The molecule has 0 aromatic heterocycles. The normalized spacial score (nSPS) is 26.3. The van der Waals surface area contributed by atoms with Crippen LogP contribution < -0.4 is 10.6 Å². The molecule has 110 valence electrons. The summed E-state index contributed by atoms with van der Waals surface area (Å²) < 4.78 is 0. The molecule has 0 saturated heterocycles. The van der Waals surface area contributed by atoms with Crippen LogP contribution in [0.3, 0.4) is 0 Å². The van der Waals surface area contributed by atoms with Crippen LogP contribution in [0.15, 0.2) is 0 Å². The molecule has 0 spiro atoms. The van der Waals surface area contributed by atoms with E-state index in [1.54, 1.807) is 11.8 Å². The first-order valence-corrected chi connectivity index (χ1v) is 7.73. The number of carboxylic acids is 1. The van der Waals surface area contributed by atoms with Crippen molar-refractivity contribution >= 4 is 23.8 Å². The number of aliphatic carboxylic acids is 1. The minimum Gasteiger partial charge on any atom is -0.480 e. The number of carbonyl (C=O) groups excluding carboxylic acids is 1. The highest BCUT2D eigenvalue weighted by Gasteiger charge is 2.27. The highest BCUT2D eigenvalue weighted by atomic mass is 32.2. The van der Waals surface area contributed by atoms with Crippen LogP contribution in [-0.2, 0) is 4.79 Å². The summed E-state index contributed by atoms with van der Waals surface area (Å²) in [6.07, 6.45) is 4.97. The van der Waals surface area contributed by atoms with Crippen LogP contribution in [0.2, 0.25) is 0 Å². The van der Waals surface area contributed by atoms with Crippen molar-refractivity contribution < 1.29 is 19.8 Å². The summed E-state index contributed by atoms with van der Waals surface area (Å²) in [7, 11) is 0. The van der Waals surface area contributed by atoms with Gasteiger partial charge in [-0.2, -0.15) is 11.8 Å². The molecule has 2 amide bonds. The van der Waals surface area contributed by atoms with Crippen molar-refractivity contribution in [2.45, 2.75) is 56.0 Å². The molecule has 0 radical (unpaired) electrons. The third-order valence-corrected chi connectivity index (χ3v) is 4.42. The summed E-state index contributed by atoms with van der Waals surface area (Å²) in [4.78, 5) is 22.6. The third kappa shape index (κ3) is 5.28. The van der Waals surface area contributed by atoms with Gasteiger partial charge in [0.05, 0.1) is 6.10 Å². The lowest BCUT2D eigenvalue weighted by molar-refractivity contribution is -0.141. The zero-order chi connectivity index (χ0) is 14.4. The molecule has 1 saturated carbocycles. The Bertz CT molecular complexity index is 325. The van der Waals surface area contributed by atoms with Crippen molar-refractivity contribution in [1.29, 1.82) is 0 Å². The summed E-state index contributed by atoms with van der Waals surface area (Å²) >= 11 is 1.79. The van der Waals surface area contributed by atoms with Crippen molar-refractivity contribution in [3.63, 3.8) is 0 Å². The lowest BCUT2D eigenvalue weighted by Crippen LogP contribution is -2.53. The zero-order valence-electron chi connectivity index (χ0n) is 11.3. The van der Waals surface area contributed by atoms with Gasteiger partial charge >= 0.3 is 12.0 Å². The number of aliphatic hydroxyl groups is 1. The van der Waals surface area contributed by atoms with Gasteiger partial charge in [0.15, 0.2) is 6.04 Å². The molecule has 7 heteroatoms. The Morgan fingerprint density at radius 2 is 2.05 bits per heavy atom. The lowest BCUT2D eigenvalue weighted by Gasteiger charge is -2.29. The molecule has 0 aliphatic heterocycles. The highest BCUT2D eigenvalue weighted by molar-refractivity contribution is 7.99. The average Bonchev–Trinajstić information content (AvgIpc) is 2.35. The van der Waals surface area contributed by atoms with Gasteiger partial charge in [-0.05, 0) is 32.4 Å². The predicted molar refractivity (Wildman–Crippen MR) is 74.3 cm³/mol. The Kier molecular flexibility index (Phi) is 6.44. The van der Waals surface area contributed by atoms with E-state index in [9.17, 15) is 14.7 Å². The lowest BCUT2D eigenvalue weighted by atomic mass is 9.95. The molecular formula is C12H22N2O4S. The van der Waals surface area contributed by atoms with Crippen LogP contribution >= 0.6 is 11.8 Å². The number of carbonyl (C=O) groups is 2. The average molecular weight is 290 g/mol. The first kappa shape index (κ1) is 16.1. The van der Waals surface area contributed by atoms with Crippen LogP contribution in [0.1, 0.15) is 32.6 Å². The second kappa shape index (κ2) is 7.59. The first-order valence-electron chi connectivity index (χ1n) is 6.44. The van der Waals surface area contributed by atoms with Gasteiger partial charge in [0.1, 0.15) is 0 Å². The minimum atomic E-state index is -1.28. The van der Waals surface area contributed by atoms with Crippen molar-refractivity contribution in [1.82, 2.24) is 10.6 Å². The number of nitrogens with one attached hydrogen (secondary N) is 2. The fourth-order valence-corrected chi connectivity index (χ4v) is 3.07. The third-order valence-electron chi connectivity index (χ3n) is 3.33. The standard InChI is InChI=1S/C12H22N2O4S/c1-7(15)10(11(16)17)14-12(18)13-8-4-3-5-9(6-8)19-2/h7-10,15H,3-6H2,1-2H3,(H,16,17)(H2,13,14,18). The van der Waals surface area contributed by atoms with Crippen molar-refractivity contribution in [2.75, 3.05) is 6.26 Å². The Morgan fingerprint density at radius 1 is 1.37 bits per heavy atom. The van der Waals surface area contributed by atoms with Gasteiger partial charge in [-0.3, -0.25) is 0 Å². The van der Waals surface area contributed by atoms with E-state index in [0.29, 0.717) is 5.25 Å². The predicted octanol–water partition coefficient (Wildman–Crippen LogP) is 0.794. The molecule has 1 fully saturated rings. The fraction of sp³-hybridized carbons (Fsp3) is 0.833. The van der Waals surface area contributed by atoms with E-state index in [1.165, 1.54) is 6.92 Å². The molecule has 4 atom stereocenters. The Hall–Kier alpha value is -0.950. The monoisotopic (exact) mass is 290 g/mol. The van der Waals surface area contributed by atoms with Crippen LogP contribution in [0.5, 0.6) is 0 Å². The highest BCUT2D eigenvalue weighted by Crippen LogP contribution is 2.26. The first-order chi connectivity index (χ1) is 8.93. The largest absolute Gasteiger partial charge is 0.480 e. The number of carboxylic acid groups (broad SMARTS) is 1. The van der Waals surface area contributed by atoms with Gasteiger partial charge in [-0.25, -0.2) is 9.59 Å².